The molecular formula is C11H6ClFN4OS. The normalized spacial score (nSPS) is 11.1. The molecule has 2 aromatic heterocycles. The van der Waals surface area contributed by atoms with Crippen molar-refractivity contribution in [2.24, 2.45) is 0 Å². The van der Waals surface area contributed by atoms with E-state index < -0.39 is 5.82 Å². The predicted molar refractivity (Wildman–Crippen MR) is 70.0 cm³/mol. The van der Waals surface area contributed by atoms with Crippen LogP contribution in [0.25, 0.3) is 10.9 Å². The van der Waals surface area contributed by atoms with Gasteiger partial charge in [-0.1, -0.05) is 16.1 Å². The van der Waals surface area contributed by atoms with Crippen LogP contribution in [-0.4, -0.2) is 19.1 Å². The van der Waals surface area contributed by atoms with Crippen molar-refractivity contribution in [1.82, 2.24) is 19.1 Å². The molecule has 3 rings (SSSR count). The van der Waals surface area contributed by atoms with Crippen LogP contribution >= 0.6 is 23.1 Å². The van der Waals surface area contributed by atoms with Gasteiger partial charge in [-0.05, 0) is 12.1 Å². The first-order valence-electron chi connectivity index (χ1n) is 5.26. The largest absolute Gasteiger partial charge is 0.292 e. The summed E-state index contributed by atoms with van der Waals surface area (Å²) in [5.74, 6) is -0.427. The predicted octanol–water partition coefficient (Wildman–Crippen LogP) is 2.09. The molecule has 0 radical (unpaired) electrons. The molecule has 96 valence electrons. The summed E-state index contributed by atoms with van der Waals surface area (Å²) in [6, 6.07) is 3.86. The molecule has 0 saturated heterocycles. The van der Waals surface area contributed by atoms with Gasteiger partial charge in [-0.15, -0.1) is 5.10 Å². The van der Waals surface area contributed by atoms with Crippen molar-refractivity contribution in [1.29, 1.82) is 0 Å². The zero-order valence-corrected chi connectivity index (χ0v) is 11.0. The Bertz CT molecular complexity index is 816. The molecule has 19 heavy (non-hydrogen) atoms. The van der Waals surface area contributed by atoms with Crippen molar-refractivity contribution in [3.63, 3.8) is 0 Å². The molecule has 0 aliphatic carbocycles. The summed E-state index contributed by atoms with van der Waals surface area (Å²) in [5, 5.41) is 4.19. The molecule has 0 unspecified atom stereocenters. The number of benzene rings is 1. The van der Waals surface area contributed by atoms with Gasteiger partial charge in [0.1, 0.15) is 15.8 Å². The third-order valence-electron chi connectivity index (χ3n) is 2.62. The Labute approximate surface area is 115 Å². The van der Waals surface area contributed by atoms with Crippen LogP contribution in [0.5, 0.6) is 0 Å². The Kier molecular flexibility index (Phi) is 3.00. The first kappa shape index (κ1) is 12.2. The van der Waals surface area contributed by atoms with Gasteiger partial charge in [0.25, 0.3) is 5.56 Å². The van der Waals surface area contributed by atoms with E-state index in [-0.39, 0.29) is 12.1 Å². The highest BCUT2D eigenvalue weighted by atomic mass is 35.5. The molecule has 2 heterocycles. The van der Waals surface area contributed by atoms with Gasteiger partial charge in [0, 0.05) is 17.6 Å². The molecule has 0 spiro atoms. The quantitative estimate of drug-likeness (QED) is 0.726. The van der Waals surface area contributed by atoms with Crippen molar-refractivity contribution in [3.05, 3.63) is 50.7 Å². The van der Waals surface area contributed by atoms with Gasteiger partial charge < -0.3 is 0 Å². The van der Waals surface area contributed by atoms with Crippen LogP contribution in [0.4, 0.5) is 4.39 Å². The van der Waals surface area contributed by atoms with Crippen LogP contribution in [0.2, 0.25) is 4.34 Å². The van der Waals surface area contributed by atoms with Crippen LogP contribution in [0.3, 0.4) is 0 Å². The van der Waals surface area contributed by atoms with Gasteiger partial charge in [-0.25, -0.2) is 9.37 Å². The summed E-state index contributed by atoms with van der Waals surface area (Å²) in [7, 11) is 0. The third kappa shape index (κ3) is 2.22. The van der Waals surface area contributed by atoms with E-state index in [9.17, 15) is 9.18 Å². The number of rotatable bonds is 2. The Morgan fingerprint density at radius 3 is 3.00 bits per heavy atom. The summed E-state index contributed by atoms with van der Waals surface area (Å²) in [5.41, 5.74) is 0.565. The fourth-order valence-corrected chi connectivity index (χ4v) is 2.31. The lowest BCUT2D eigenvalue weighted by molar-refractivity contribution is 0.629. The van der Waals surface area contributed by atoms with Crippen LogP contribution in [0.1, 0.15) is 5.69 Å². The zero-order chi connectivity index (χ0) is 13.4. The van der Waals surface area contributed by atoms with E-state index in [1.54, 1.807) is 0 Å². The van der Waals surface area contributed by atoms with E-state index in [2.05, 4.69) is 14.6 Å². The van der Waals surface area contributed by atoms with Crippen molar-refractivity contribution in [2.45, 2.75) is 6.54 Å². The zero-order valence-electron chi connectivity index (χ0n) is 9.38. The third-order valence-corrected chi connectivity index (χ3v) is 3.60. The second kappa shape index (κ2) is 4.67. The molecule has 0 saturated carbocycles. The first-order chi connectivity index (χ1) is 9.15. The number of hydrogen-bond acceptors (Lipinski definition) is 5. The Hall–Kier alpha value is -1.86. The minimum absolute atomic E-state index is 0.189. The van der Waals surface area contributed by atoms with E-state index in [0.717, 1.165) is 11.5 Å². The lowest BCUT2D eigenvalue weighted by Crippen LogP contribution is -2.21. The van der Waals surface area contributed by atoms with Crippen molar-refractivity contribution < 1.29 is 4.39 Å². The highest BCUT2D eigenvalue weighted by Crippen LogP contribution is 2.18. The molecule has 0 atom stereocenters. The summed E-state index contributed by atoms with van der Waals surface area (Å²) < 4.78 is 18.5. The van der Waals surface area contributed by atoms with E-state index in [4.69, 9.17) is 11.6 Å². The average Bonchev–Trinajstić information content (AvgIpc) is 2.78. The van der Waals surface area contributed by atoms with Crippen LogP contribution in [0.15, 0.2) is 29.3 Å². The maximum atomic E-state index is 13.0. The minimum Gasteiger partial charge on any atom is -0.292 e. The fraction of sp³-hybridized carbons (Fsp3) is 0.0909. The molecule has 1 aromatic carbocycles. The van der Waals surface area contributed by atoms with E-state index in [1.165, 1.54) is 29.1 Å². The van der Waals surface area contributed by atoms with Gasteiger partial charge in [0.15, 0.2) is 0 Å². The monoisotopic (exact) mass is 296 g/mol. The molecule has 0 fully saturated rings. The maximum absolute atomic E-state index is 13.0. The Morgan fingerprint density at radius 1 is 1.42 bits per heavy atom. The second-order valence-corrected chi connectivity index (χ2v) is 5.19. The van der Waals surface area contributed by atoms with Crippen LogP contribution in [0, 0.1) is 5.82 Å². The summed E-state index contributed by atoms with van der Waals surface area (Å²) in [6.45, 7) is 0.189. The standard InChI is InChI=1S/C11H6ClFN4OS/c12-10-9(15-16-19-10)4-17-5-14-8-3-6(13)1-2-7(8)11(17)18/h1-3,5H,4H2. The number of aromatic nitrogens is 4. The SMILES string of the molecule is O=c1c2ccc(F)cc2ncn1Cc1nnsc1Cl. The minimum atomic E-state index is -0.427. The van der Waals surface area contributed by atoms with Crippen LogP contribution in [-0.2, 0) is 6.54 Å². The maximum Gasteiger partial charge on any atom is 0.261 e. The number of fused-ring (bicyclic) bond motifs is 1. The fourth-order valence-electron chi connectivity index (χ4n) is 1.70. The smallest absolute Gasteiger partial charge is 0.261 e. The molecule has 0 aliphatic rings. The van der Waals surface area contributed by atoms with Crippen molar-refractivity contribution in [2.75, 3.05) is 0 Å². The van der Waals surface area contributed by atoms with Gasteiger partial charge in [0.2, 0.25) is 0 Å². The molecule has 0 amide bonds. The van der Waals surface area contributed by atoms with Gasteiger partial charge >= 0.3 is 0 Å². The molecule has 0 aliphatic heterocycles. The van der Waals surface area contributed by atoms with Gasteiger partial charge in [-0.3, -0.25) is 9.36 Å². The lowest BCUT2D eigenvalue weighted by Gasteiger charge is -2.04. The van der Waals surface area contributed by atoms with Crippen molar-refractivity contribution >= 4 is 34.0 Å². The molecule has 5 nitrogen and oxygen atoms in total. The summed E-state index contributed by atoms with van der Waals surface area (Å²) in [4.78, 5) is 16.2. The summed E-state index contributed by atoms with van der Waals surface area (Å²) >= 11 is 6.94. The molecule has 0 bridgehead atoms. The lowest BCUT2D eigenvalue weighted by atomic mass is 10.2. The second-order valence-electron chi connectivity index (χ2n) is 3.83. The molecular weight excluding hydrogens is 291 g/mol. The molecule has 0 N–H and O–H groups in total. The number of hydrogen-bond donors (Lipinski definition) is 0. The molecule has 3 aromatic rings. The number of nitrogens with zero attached hydrogens (tertiary/aromatic N) is 4. The highest BCUT2D eigenvalue weighted by molar-refractivity contribution is 7.10. The topological polar surface area (TPSA) is 60.7 Å². The number of halogens is 2. The molecule has 8 heteroatoms. The Balaban J connectivity index is 2.11. The Morgan fingerprint density at radius 2 is 2.26 bits per heavy atom. The first-order valence-corrected chi connectivity index (χ1v) is 6.42. The van der Waals surface area contributed by atoms with Crippen LogP contribution < -0.4 is 5.56 Å². The van der Waals surface area contributed by atoms with Gasteiger partial charge in [-0.2, -0.15) is 0 Å². The van der Waals surface area contributed by atoms with Crippen molar-refractivity contribution in [3.8, 4) is 0 Å². The van der Waals surface area contributed by atoms with E-state index in [1.807, 2.05) is 0 Å². The van der Waals surface area contributed by atoms with Gasteiger partial charge in [0.05, 0.1) is 23.8 Å². The summed E-state index contributed by atoms with van der Waals surface area (Å²) in [6.07, 6.45) is 1.35. The average molecular weight is 297 g/mol. The van der Waals surface area contributed by atoms with E-state index >= 15 is 0 Å². The highest BCUT2D eigenvalue weighted by Gasteiger charge is 2.10. The van der Waals surface area contributed by atoms with E-state index in [0.29, 0.717) is 20.9 Å².